The van der Waals surface area contributed by atoms with Gasteiger partial charge in [0.25, 0.3) is 0 Å². The van der Waals surface area contributed by atoms with E-state index in [0.29, 0.717) is 0 Å². The first-order valence-corrected chi connectivity index (χ1v) is 11.9. The van der Waals surface area contributed by atoms with Gasteiger partial charge >= 0.3 is 0 Å². The van der Waals surface area contributed by atoms with Gasteiger partial charge in [-0.05, 0) is 36.0 Å². The van der Waals surface area contributed by atoms with E-state index >= 15 is 0 Å². The predicted molar refractivity (Wildman–Crippen MR) is 95.6 cm³/mol. The fraction of sp³-hybridized carbons (Fsp3) is 0.350. The normalized spacial score (nSPS) is 14.2. The molecule has 1 nitrogen and oxygen atoms in total. The SMILES string of the molecule is C[Si](C)(C)CCc1cccc2c1C(=O)c1ccccc1CC2. The second-order valence-corrected chi connectivity index (χ2v) is 13.1. The van der Waals surface area contributed by atoms with E-state index < -0.39 is 8.07 Å². The van der Waals surface area contributed by atoms with Gasteiger partial charge in [-0.15, -0.1) is 0 Å². The van der Waals surface area contributed by atoms with E-state index in [1.165, 1.54) is 22.7 Å². The van der Waals surface area contributed by atoms with Crippen molar-refractivity contribution >= 4 is 13.9 Å². The van der Waals surface area contributed by atoms with E-state index in [9.17, 15) is 4.79 Å². The molecule has 2 aromatic carbocycles. The number of benzene rings is 2. The van der Waals surface area contributed by atoms with Gasteiger partial charge in [-0.3, -0.25) is 4.79 Å². The first-order chi connectivity index (χ1) is 10.5. The lowest BCUT2D eigenvalue weighted by Crippen LogP contribution is -2.21. The molecule has 0 atom stereocenters. The van der Waals surface area contributed by atoms with Crippen LogP contribution >= 0.6 is 0 Å². The molecule has 0 fully saturated rings. The van der Waals surface area contributed by atoms with E-state index in [4.69, 9.17) is 0 Å². The lowest BCUT2D eigenvalue weighted by atomic mass is 9.93. The number of rotatable bonds is 3. The van der Waals surface area contributed by atoms with Crippen LogP contribution in [0.1, 0.15) is 32.6 Å². The molecule has 0 aromatic heterocycles. The molecule has 1 aliphatic carbocycles. The Hall–Kier alpha value is -1.67. The van der Waals surface area contributed by atoms with Crippen molar-refractivity contribution < 1.29 is 4.79 Å². The molecule has 0 bridgehead atoms. The highest BCUT2D eigenvalue weighted by molar-refractivity contribution is 6.76. The van der Waals surface area contributed by atoms with Crippen molar-refractivity contribution in [1.82, 2.24) is 0 Å². The quantitative estimate of drug-likeness (QED) is 0.737. The molecule has 3 rings (SSSR count). The van der Waals surface area contributed by atoms with Crippen LogP contribution in [0.5, 0.6) is 0 Å². The molecule has 2 heteroatoms. The number of aryl methyl sites for hydroxylation is 3. The summed E-state index contributed by atoms with van der Waals surface area (Å²) < 4.78 is 0. The Morgan fingerprint density at radius 1 is 0.909 bits per heavy atom. The van der Waals surface area contributed by atoms with Gasteiger partial charge in [-0.1, -0.05) is 68.1 Å². The number of fused-ring (bicyclic) bond motifs is 2. The molecule has 0 saturated carbocycles. The highest BCUT2D eigenvalue weighted by Crippen LogP contribution is 2.28. The van der Waals surface area contributed by atoms with Gasteiger partial charge in [-0.2, -0.15) is 0 Å². The lowest BCUT2D eigenvalue weighted by Gasteiger charge is -2.18. The predicted octanol–water partition coefficient (Wildman–Crippen LogP) is 4.90. The maximum atomic E-state index is 13.1. The van der Waals surface area contributed by atoms with Gasteiger partial charge in [-0.25, -0.2) is 0 Å². The molecule has 0 spiro atoms. The number of hydrogen-bond donors (Lipinski definition) is 0. The minimum Gasteiger partial charge on any atom is -0.289 e. The molecule has 0 unspecified atom stereocenters. The van der Waals surface area contributed by atoms with Crippen molar-refractivity contribution in [3.63, 3.8) is 0 Å². The van der Waals surface area contributed by atoms with Crippen LogP contribution in [0.3, 0.4) is 0 Å². The summed E-state index contributed by atoms with van der Waals surface area (Å²) in [5, 5.41) is 0. The van der Waals surface area contributed by atoms with Crippen LogP contribution in [-0.4, -0.2) is 13.9 Å². The van der Waals surface area contributed by atoms with Crippen molar-refractivity contribution in [3.05, 3.63) is 70.3 Å². The topological polar surface area (TPSA) is 17.1 Å². The Balaban J connectivity index is 2.03. The van der Waals surface area contributed by atoms with Crippen LogP contribution in [0.25, 0.3) is 0 Å². The van der Waals surface area contributed by atoms with Gasteiger partial charge in [0.05, 0.1) is 0 Å². The molecule has 1 aliphatic rings. The van der Waals surface area contributed by atoms with Gasteiger partial charge in [0.15, 0.2) is 5.78 Å². The van der Waals surface area contributed by atoms with E-state index in [2.05, 4.69) is 43.9 Å². The standard InChI is InChI=1S/C20H24OSi/c1-22(2,3)14-13-17-9-6-8-16-12-11-15-7-4-5-10-18(15)20(21)19(16)17/h4-10H,11-14H2,1-3H3. The average molecular weight is 308 g/mol. The van der Waals surface area contributed by atoms with Crippen molar-refractivity contribution in [2.45, 2.75) is 44.9 Å². The molecular formula is C20H24OSi. The molecular weight excluding hydrogens is 284 g/mol. The number of carbonyl (C=O) groups excluding carboxylic acids is 1. The maximum Gasteiger partial charge on any atom is 0.193 e. The van der Waals surface area contributed by atoms with E-state index in [0.717, 1.165) is 30.4 Å². The van der Waals surface area contributed by atoms with Gasteiger partial charge in [0.1, 0.15) is 0 Å². The monoisotopic (exact) mass is 308 g/mol. The van der Waals surface area contributed by atoms with Crippen LogP contribution in [0, 0.1) is 0 Å². The Labute approximate surface area is 134 Å². The third-order valence-electron chi connectivity index (χ3n) is 4.53. The Morgan fingerprint density at radius 2 is 1.59 bits per heavy atom. The van der Waals surface area contributed by atoms with E-state index in [1.807, 2.05) is 18.2 Å². The lowest BCUT2D eigenvalue weighted by molar-refractivity contribution is 0.103. The third-order valence-corrected chi connectivity index (χ3v) is 6.28. The van der Waals surface area contributed by atoms with Gasteiger partial charge in [0.2, 0.25) is 0 Å². The minimum atomic E-state index is -1.10. The Morgan fingerprint density at radius 3 is 2.36 bits per heavy atom. The Bertz CT molecular complexity index is 710. The van der Waals surface area contributed by atoms with Crippen LogP contribution in [0.4, 0.5) is 0 Å². The largest absolute Gasteiger partial charge is 0.289 e. The second-order valence-electron chi connectivity index (χ2n) is 7.50. The zero-order valence-electron chi connectivity index (χ0n) is 13.8. The zero-order valence-corrected chi connectivity index (χ0v) is 14.8. The average Bonchev–Trinajstić information content (AvgIpc) is 2.63. The highest BCUT2D eigenvalue weighted by atomic mass is 28.3. The summed E-state index contributed by atoms with van der Waals surface area (Å²) in [5.74, 6) is 0.231. The summed E-state index contributed by atoms with van der Waals surface area (Å²) in [5.41, 5.74) is 5.57. The number of ketones is 1. The van der Waals surface area contributed by atoms with Crippen molar-refractivity contribution in [3.8, 4) is 0 Å². The van der Waals surface area contributed by atoms with Crippen molar-refractivity contribution in [2.24, 2.45) is 0 Å². The summed E-state index contributed by atoms with van der Waals surface area (Å²) in [6.45, 7) is 7.18. The summed E-state index contributed by atoms with van der Waals surface area (Å²) in [4.78, 5) is 13.1. The molecule has 0 saturated heterocycles. The molecule has 2 aromatic rings. The van der Waals surface area contributed by atoms with Gasteiger partial charge in [0, 0.05) is 19.2 Å². The van der Waals surface area contributed by atoms with E-state index in [-0.39, 0.29) is 5.78 Å². The molecule has 0 aliphatic heterocycles. The smallest absolute Gasteiger partial charge is 0.193 e. The fourth-order valence-electron chi connectivity index (χ4n) is 3.24. The molecule has 114 valence electrons. The summed E-state index contributed by atoms with van der Waals surface area (Å²) in [6.07, 6.45) is 2.97. The Kier molecular flexibility index (Phi) is 4.05. The highest BCUT2D eigenvalue weighted by Gasteiger charge is 2.24. The van der Waals surface area contributed by atoms with Crippen LogP contribution < -0.4 is 0 Å². The molecule has 0 N–H and O–H groups in total. The molecule has 0 radical (unpaired) electrons. The fourth-order valence-corrected chi connectivity index (χ4v) is 4.25. The zero-order chi connectivity index (χ0) is 15.7. The first kappa shape index (κ1) is 15.2. The first-order valence-electron chi connectivity index (χ1n) is 8.19. The minimum absolute atomic E-state index is 0.231. The molecule has 0 amide bonds. The van der Waals surface area contributed by atoms with E-state index in [1.54, 1.807) is 0 Å². The van der Waals surface area contributed by atoms with Crippen molar-refractivity contribution in [2.75, 3.05) is 0 Å². The van der Waals surface area contributed by atoms with Crippen LogP contribution in [-0.2, 0) is 19.3 Å². The summed E-state index contributed by atoms with van der Waals surface area (Å²) in [6, 6.07) is 15.8. The van der Waals surface area contributed by atoms with Gasteiger partial charge < -0.3 is 0 Å². The maximum absolute atomic E-state index is 13.1. The summed E-state index contributed by atoms with van der Waals surface area (Å²) >= 11 is 0. The van der Waals surface area contributed by atoms with Crippen molar-refractivity contribution in [1.29, 1.82) is 0 Å². The molecule has 22 heavy (non-hydrogen) atoms. The number of carbonyl (C=O) groups is 1. The van der Waals surface area contributed by atoms with Crippen LogP contribution in [0.2, 0.25) is 25.7 Å². The molecule has 0 heterocycles. The summed E-state index contributed by atoms with van der Waals surface area (Å²) in [7, 11) is -1.10. The van der Waals surface area contributed by atoms with Crippen LogP contribution in [0.15, 0.2) is 42.5 Å². The third kappa shape index (κ3) is 3.07. The second kappa shape index (κ2) is 5.84. The number of hydrogen-bond acceptors (Lipinski definition) is 1.